The molecule has 0 bridgehead atoms. The molecule has 2 heteroatoms. The summed E-state index contributed by atoms with van der Waals surface area (Å²) in [6.45, 7) is 3.95. The Morgan fingerprint density at radius 2 is 2.09 bits per heavy atom. The molecule has 1 aliphatic rings. The second-order valence-electron chi connectivity index (χ2n) is 3.60. The molecule has 1 unspecified atom stereocenters. The number of ether oxygens (including phenoxy) is 1. The summed E-state index contributed by atoms with van der Waals surface area (Å²) < 4.78 is 4.62. The van der Waals surface area contributed by atoms with Gasteiger partial charge in [-0.3, -0.25) is 4.79 Å². The van der Waals surface area contributed by atoms with Crippen LogP contribution in [0.1, 0.15) is 20.3 Å². The van der Waals surface area contributed by atoms with Crippen molar-refractivity contribution in [3.63, 3.8) is 0 Å². The Bertz CT molecular complexity index is 234. The van der Waals surface area contributed by atoms with E-state index < -0.39 is 5.41 Å². The molecule has 1 aliphatic carbocycles. The first-order chi connectivity index (χ1) is 5.00. The van der Waals surface area contributed by atoms with Gasteiger partial charge in [0.15, 0.2) is 0 Å². The molecule has 1 saturated carbocycles. The zero-order valence-corrected chi connectivity index (χ0v) is 7.10. The highest BCUT2D eigenvalue weighted by molar-refractivity contribution is 5.85. The average molecular weight is 152 g/mol. The van der Waals surface area contributed by atoms with Crippen LogP contribution in [0, 0.1) is 23.2 Å². The molecule has 11 heavy (non-hydrogen) atoms. The lowest BCUT2D eigenvalue weighted by Gasteiger charge is -2.09. The SMILES string of the molecule is C#CC1(C(=O)OC)CC1(C)C. The maximum atomic E-state index is 11.2. The standard InChI is InChI=1S/C9H12O2/c1-5-9(7(10)11-4)6-8(9,2)3/h1H,6H2,2-4H3. The quantitative estimate of drug-likeness (QED) is 0.417. The summed E-state index contributed by atoms with van der Waals surface area (Å²) in [6, 6.07) is 0. The molecule has 0 aromatic carbocycles. The third-order valence-corrected chi connectivity index (χ3v) is 2.52. The summed E-state index contributed by atoms with van der Waals surface area (Å²) in [6.07, 6.45) is 6.01. The Morgan fingerprint density at radius 1 is 1.64 bits per heavy atom. The van der Waals surface area contributed by atoms with Crippen LogP contribution in [0.5, 0.6) is 0 Å². The minimum Gasteiger partial charge on any atom is -0.468 e. The van der Waals surface area contributed by atoms with Gasteiger partial charge in [0.05, 0.1) is 7.11 Å². The van der Waals surface area contributed by atoms with Crippen molar-refractivity contribution < 1.29 is 9.53 Å². The van der Waals surface area contributed by atoms with Crippen LogP contribution in [-0.4, -0.2) is 13.1 Å². The normalized spacial score (nSPS) is 32.2. The molecule has 0 aliphatic heterocycles. The van der Waals surface area contributed by atoms with Crippen LogP contribution in [-0.2, 0) is 9.53 Å². The monoisotopic (exact) mass is 152 g/mol. The van der Waals surface area contributed by atoms with Gasteiger partial charge in [-0.25, -0.2) is 0 Å². The van der Waals surface area contributed by atoms with Crippen molar-refractivity contribution in [3.8, 4) is 12.3 Å². The lowest BCUT2D eigenvalue weighted by Crippen LogP contribution is -2.20. The number of carbonyl (C=O) groups excluding carboxylic acids is 1. The Hall–Kier alpha value is -0.970. The lowest BCUT2D eigenvalue weighted by atomic mass is 9.97. The molecule has 0 aromatic rings. The molecule has 1 rings (SSSR count). The molecule has 0 spiro atoms. The molecule has 0 aromatic heterocycles. The summed E-state index contributed by atoms with van der Waals surface area (Å²) in [5.74, 6) is 2.25. The van der Waals surface area contributed by atoms with Gasteiger partial charge >= 0.3 is 5.97 Å². The van der Waals surface area contributed by atoms with E-state index in [2.05, 4.69) is 10.7 Å². The van der Waals surface area contributed by atoms with E-state index in [0.717, 1.165) is 6.42 Å². The van der Waals surface area contributed by atoms with Crippen molar-refractivity contribution in [1.29, 1.82) is 0 Å². The fraction of sp³-hybridized carbons (Fsp3) is 0.667. The first-order valence-electron chi connectivity index (χ1n) is 3.56. The van der Waals surface area contributed by atoms with Crippen molar-refractivity contribution in [1.82, 2.24) is 0 Å². The minimum atomic E-state index is -0.637. The van der Waals surface area contributed by atoms with Gasteiger partial charge in [0, 0.05) is 0 Å². The highest BCUT2D eigenvalue weighted by Crippen LogP contribution is 2.63. The van der Waals surface area contributed by atoms with Gasteiger partial charge in [0.1, 0.15) is 5.41 Å². The van der Waals surface area contributed by atoms with Crippen LogP contribution >= 0.6 is 0 Å². The Kier molecular flexibility index (Phi) is 1.48. The van der Waals surface area contributed by atoms with E-state index in [1.54, 1.807) is 0 Å². The number of esters is 1. The van der Waals surface area contributed by atoms with E-state index >= 15 is 0 Å². The van der Waals surface area contributed by atoms with Gasteiger partial charge in [-0.05, 0) is 11.8 Å². The van der Waals surface area contributed by atoms with Crippen molar-refractivity contribution >= 4 is 5.97 Å². The topological polar surface area (TPSA) is 26.3 Å². The van der Waals surface area contributed by atoms with Crippen LogP contribution in [0.3, 0.4) is 0 Å². The number of carbonyl (C=O) groups is 1. The molecule has 1 fully saturated rings. The van der Waals surface area contributed by atoms with Crippen LogP contribution in [0.2, 0.25) is 0 Å². The predicted molar refractivity (Wildman–Crippen MR) is 41.7 cm³/mol. The Balaban J connectivity index is 2.86. The minimum absolute atomic E-state index is 0.0746. The third-order valence-electron chi connectivity index (χ3n) is 2.52. The number of terminal acetylenes is 1. The van der Waals surface area contributed by atoms with Gasteiger partial charge < -0.3 is 4.74 Å². The average Bonchev–Trinajstić information content (AvgIpc) is 2.53. The number of rotatable bonds is 1. The lowest BCUT2D eigenvalue weighted by molar-refractivity contribution is -0.145. The summed E-state index contributed by atoms with van der Waals surface area (Å²) in [7, 11) is 1.37. The summed E-state index contributed by atoms with van der Waals surface area (Å²) in [5.41, 5.74) is -0.712. The summed E-state index contributed by atoms with van der Waals surface area (Å²) in [4.78, 5) is 11.2. The van der Waals surface area contributed by atoms with Gasteiger partial charge in [0.25, 0.3) is 0 Å². The summed E-state index contributed by atoms with van der Waals surface area (Å²) in [5, 5.41) is 0. The van der Waals surface area contributed by atoms with Crippen LogP contribution < -0.4 is 0 Å². The van der Waals surface area contributed by atoms with Crippen LogP contribution in [0.25, 0.3) is 0 Å². The Labute approximate surface area is 66.9 Å². The third kappa shape index (κ3) is 0.841. The predicted octanol–water partition coefficient (Wildman–Crippen LogP) is 1.21. The fourth-order valence-electron chi connectivity index (χ4n) is 1.45. The maximum Gasteiger partial charge on any atom is 0.324 e. The van der Waals surface area contributed by atoms with E-state index in [-0.39, 0.29) is 11.4 Å². The fourth-order valence-corrected chi connectivity index (χ4v) is 1.45. The van der Waals surface area contributed by atoms with Crippen LogP contribution in [0.4, 0.5) is 0 Å². The smallest absolute Gasteiger partial charge is 0.324 e. The molecule has 0 saturated heterocycles. The van der Waals surface area contributed by atoms with E-state index in [1.165, 1.54) is 7.11 Å². The van der Waals surface area contributed by atoms with Crippen molar-refractivity contribution in [2.24, 2.45) is 10.8 Å². The first kappa shape index (κ1) is 8.13. The zero-order chi connectivity index (χ0) is 8.70. The molecular weight excluding hydrogens is 140 g/mol. The first-order valence-corrected chi connectivity index (χ1v) is 3.56. The van der Waals surface area contributed by atoms with E-state index in [1.807, 2.05) is 13.8 Å². The molecule has 2 nitrogen and oxygen atoms in total. The molecule has 60 valence electrons. The highest BCUT2D eigenvalue weighted by Gasteiger charge is 2.66. The van der Waals surface area contributed by atoms with Crippen LogP contribution in [0.15, 0.2) is 0 Å². The van der Waals surface area contributed by atoms with Gasteiger partial charge in [-0.15, -0.1) is 6.42 Å². The zero-order valence-electron chi connectivity index (χ0n) is 7.10. The number of hydrogen-bond acceptors (Lipinski definition) is 2. The Morgan fingerprint density at radius 3 is 2.18 bits per heavy atom. The molecule has 0 amide bonds. The molecule has 0 radical (unpaired) electrons. The van der Waals surface area contributed by atoms with E-state index in [4.69, 9.17) is 6.42 Å². The van der Waals surface area contributed by atoms with Crippen molar-refractivity contribution in [3.05, 3.63) is 0 Å². The molecule has 0 heterocycles. The second kappa shape index (κ2) is 2.01. The van der Waals surface area contributed by atoms with Crippen molar-refractivity contribution in [2.75, 3.05) is 7.11 Å². The van der Waals surface area contributed by atoms with Gasteiger partial charge in [-0.2, -0.15) is 0 Å². The van der Waals surface area contributed by atoms with Gasteiger partial charge in [-0.1, -0.05) is 19.8 Å². The maximum absolute atomic E-state index is 11.2. The second-order valence-corrected chi connectivity index (χ2v) is 3.60. The number of methoxy groups -OCH3 is 1. The highest BCUT2D eigenvalue weighted by atomic mass is 16.5. The molecule has 0 N–H and O–H groups in total. The summed E-state index contributed by atoms with van der Waals surface area (Å²) >= 11 is 0. The molecule has 1 atom stereocenters. The van der Waals surface area contributed by atoms with E-state index in [0.29, 0.717) is 0 Å². The largest absolute Gasteiger partial charge is 0.468 e. The number of hydrogen-bond donors (Lipinski definition) is 0. The molecular formula is C9H12O2. The van der Waals surface area contributed by atoms with Gasteiger partial charge in [0.2, 0.25) is 0 Å². The van der Waals surface area contributed by atoms with E-state index in [9.17, 15) is 4.79 Å². The van der Waals surface area contributed by atoms with Crippen molar-refractivity contribution in [2.45, 2.75) is 20.3 Å².